The summed E-state index contributed by atoms with van der Waals surface area (Å²) in [6, 6.07) is 5.94. The summed E-state index contributed by atoms with van der Waals surface area (Å²) in [6.07, 6.45) is 2.82. The Labute approximate surface area is 161 Å². The Kier molecular flexibility index (Phi) is 10.1. The van der Waals surface area contributed by atoms with E-state index in [1.165, 1.54) is 24.3 Å². The molecule has 1 aromatic carbocycles. The lowest BCUT2D eigenvalue weighted by Crippen LogP contribution is -2.32. The molecule has 3 N–H and O–H groups in total. The number of carbonyl (C=O) groups excluding carboxylic acids is 1. The fourth-order valence-electron chi connectivity index (χ4n) is 2.55. The fraction of sp³-hybridized carbons (Fsp3) is 0.588. The van der Waals surface area contributed by atoms with Gasteiger partial charge in [-0.3, -0.25) is 4.79 Å². The highest BCUT2D eigenvalue weighted by Crippen LogP contribution is 2.14. The lowest BCUT2D eigenvalue weighted by Gasteiger charge is -2.12. The molecule has 9 heteroatoms. The van der Waals surface area contributed by atoms with E-state index in [9.17, 15) is 13.2 Å². The Morgan fingerprint density at radius 3 is 2.54 bits per heavy atom. The Balaban J connectivity index is 0.00000338. The van der Waals surface area contributed by atoms with Crippen molar-refractivity contribution in [2.24, 2.45) is 0 Å². The van der Waals surface area contributed by atoms with E-state index in [0.29, 0.717) is 25.3 Å². The molecule has 1 fully saturated rings. The third kappa shape index (κ3) is 7.20. The lowest BCUT2D eigenvalue weighted by atomic mass is 10.2. The van der Waals surface area contributed by atoms with Crippen LogP contribution in [0.1, 0.15) is 36.5 Å². The maximum Gasteiger partial charge on any atom is 0.251 e. The van der Waals surface area contributed by atoms with Gasteiger partial charge in [0.1, 0.15) is 0 Å². The minimum atomic E-state index is -3.59. The summed E-state index contributed by atoms with van der Waals surface area (Å²) in [7, 11) is -3.59. The van der Waals surface area contributed by atoms with Gasteiger partial charge in [-0.15, -0.1) is 12.4 Å². The first-order valence-electron chi connectivity index (χ1n) is 8.73. The number of benzene rings is 1. The van der Waals surface area contributed by atoms with Crippen molar-refractivity contribution in [2.45, 2.75) is 37.2 Å². The summed E-state index contributed by atoms with van der Waals surface area (Å²) in [5.74, 6) is -0.213. The van der Waals surface area contributed by atoms with Crippen LogP contribution in [-0.4, -0.2) is 53.2 Å². The molecular weight excluding hydrogens is 378 g/mol. The van der Waals surface area contributed by atoms with Gasteiger partial charge in [0, 0.05) is 31.8 Å². The van der Waals surface area contributed by atoms with Gasteiger partial charge in [-0.25, -0.2) is 13.1 Å². The molecule has 0 radical (unpaired) electrons. The number of halogens is 1. The third-order valence-electron chi connectivity index (χ3n) is 3.97. The zero-order valence-electron chi connectivity index (χ0n) is 15.0. The van der Waals surface area contributed by atoms with Crippen molar-refractivity contribution in [3.8, 4) is 0 Å². The lowest BCUT2D eigenvalue weighted by molar-refractivity contribution is 0.0954. The first-order chi connectivity index (χ1) is 12.0. The molecule has 1 heterocycles. The molecule has 1 aromatic rings. The molecule has 26 heavy (non-hydrogen) atoms. The molecule has 1 aliphatic rings. The molecule has 0 aliphatic carbocycles. The van der Waals surface area contributed by atoms with E-state index in [0.717, 1.165) is 25.8 Å². The van der Waals surface area contributed by atoms with E-state index < -0.39 is 10.0 Å². The average molecular weight is 406 g/mol. The number of rotatable bonds is 10. The van der Waals surface area contributed by atoms with Gasteiger partial charge in [-0.2, -0.15) is 0 Å². The van der Waals surface area contributed by atoms with E-state index in [1.807, 2.05) is 0 Å². The van der Waals surface area contributed by atoms with Crippen molar-refractivity contribution < 1.29 is 17.9 Å². The number of nitrogens with one attached hydrogen (secondary N) is 3. The van der Waals surface area contributed by atoms with Crippen molar-refractivity contribution in [1.82, 2.24) is 15.4 Å². The summed E-state index contributed by atoms with van der Waals surface area (Å²) in [6.45, 7) is 5.19. The molecule has 1 unspecified atom stereocenters. The van der Waals surface area contributed by atoms with E-state index >= 15 is 0 Å². The number of hydrogen-bond acceptors (Lipinski definition) is 5. The summed E-state index contributed by atoms with van der Waals surface area (Å²) >= 11 is 0. The minimum Gasteiger partial charge on any atom is -0.377 e. The van der Waals surface area contributed by atoms with Gasteiger partial charge in [0.15, 0.2) is 0 Å². The van der Waals surface area contributed by atoms with Crippen LogP contribution in [0.25, 0.3) is 0 Å². The average Bonchev–Trinajstić information content (AvgIpc) is 3.13. The van der Waals surface area contributed by atoms with Crippen molar-refractivity contribution >= 4 is 28.3 Å². The molecule has 1 saturated heterocycles. The maximum atomic E-state index is 12.3. The predicted octanol–water partition coefficient (Wildman–Crippen LogP) is 1.30. The Morgan fingerprint density at radius 1 is 1.19 bits per heavy atom. The molecular formula is C17H28ClN3O4S. The van der Waals surface area contributed by atoms with E-state index in [1.54, 1.807) is 0 Å². The summed E-state index contributed by atoms with van der Waals surface area (Å²) in [5, 5.41) is 5.99. The van der Waals surface area contributed by atoms with Gasteiger partial charge in [-0.1, -0.05) is 6.92 Å². The summed E-state index contributed by atoms with van der Waals surface area (Å²) in [4.78, 5) is 12.2. The van der Waals surface area contributed by atoms with Crippen LogP contribution < -0.4 is 15.4 Å². The molecule has 0 saturated carbocycles. The molecule has 2 rings (SSSR count). The standard InChI is InChI=1S/C17H27N3O4S.ClH/c1-2-9-18-10-11-19-17(21)14-5-7-16(8-6-14)25(22,23)20-13-15-4-3-12-24-15;/h5-8,15,18,20H,2-4,9-13H2,1H3,(H,19,21);1H. The zero-order valence-corrected chi connectivity index (χ0v) is 16.6. The van der Waals surface area contributed by atoms with Crippen LogP contribution in [0, 0.1) is 0 Å². The highest BCUT2D eigenvalue weighted by Gasteiger charge is 2.20. The topological polar surface area (TPSA) is 96.5 Å². The van der Waals surface area contributed by atoms with E-state index in [2.05, 4.69) is 22.3 Å². The van der Waals surface area contributed by atoms with Crippen molar-refractivity contribution in [3.63, 3.8) is 0 Å². The normalized spacial score (nSPS) is 16.9. The van der Waals surface area contributed by atoms with Crippen molar-refractivity contribution in [2.75, 3.05) is 32.8 Å². The van der Waals surface area contributed by atoms with Crippen LogP contribution in [0.2, 0.25) is 0 Å². The molecule has 0 aromatic heterocycles. The Bertz CT molecular complexity index is 646. The predicted molar refractivity (Wildman–Crippen MR) is 103 cm³/mol. The zero-order chi connectivity index (χ0) is 18.1. The quantitative estimate of drug-likeness (QED) is 0.510. The monoisotopic (exact) mass is 405 g/mol. The first-order valence-corrected chi connectivity index (χ1v) is 10.2. The van der Waals surface area contributed by atoms with Gasteiger partial charge in [0.25, 0.3) is 5.91 Å². The highest BCUT2D eigenvalue weighted by molar-refractivity contribution is 7.89. The van der Waals surface area contributed by atoms with E-state index in [4.69, 9.17) is 4.74 Å². The van der Waals surface area contributed by atoms with Gasteiger partial charge in [0.05, 0.1) is 11.0 Å². The largest absolute Gasteiger partial charge is 0.377 e. The second kappa shape index (κ2) is 11.5. The molecule has 0 bridgehead atoms. The van der Waals surface area contributed by atoms with Gasteiger partial charge in [0.2, 0.25) is 10.0 Å². The van der Waals surface area contributed by atoms with Crippen LogP contribution in [-0.2, 0) is 14.8 Å². The molecule has 1 aliphatic heterocycles. The van der Waals surface area contributed by atoms with Crippen molar-refractivity contribution in [1.29, 1.82) is 0 Å². The summed E-state index contributed by atoms with van der Waals surface area (Å²) < 4.78 is 32.5. The Morgan fingerprint density at radius 2 is 1.92 bits per heavy atom. The number of amides is 1. The van der Waals surface area contributed by atoms with Crippen LogP contribution in [0.4, 0.5) is 0 Å². The van der Waals surface area contributed by atoms with Crippen molar-refractivity contribution in [3.05, 3.63) is 29.8 Å². The number of hydrogen-bond donors (Lipinski definition) is 3. The molecule has 7 nitrogen and oxygen atoms in total. The van der Waals surface area contributed by atoms with Crippen LogP contribution >= 0.6 is 12.4 Å². The number of ether oxygens (including phenoxy) is 1. The summed E-state index contributed by atoms with van der Waals surface area (Å²) in [5.41, 5.74) is 0.438. The number of carbonyl (C=O) groups is 1. The third-order valence-corrected chi connectivity index (χ3v) is 5.41. The molecule has 1 atom stereocenters. The van der Waals surface area contributed by atoms with Crippen LogP contribution in [0.5, 0.6) is 0 Å². The second-order valence-corrected chi connectivity index (χ2v) is 7.78. The fourth-order valence-corrected chi connectivity index (χ4v) is 3.61. The molecule has 148 valence electrons. The maximum absolute atomic E-state index is 12.3. The first kappa shape index (κ1) is 22.9. The number of sulfonamides is 1. The Hall–Kier alpha value is -1.19. The van der Waals surface area contributed by atoms with Gasteiger partial charge >= 0.3 is 0 Å². The van der Waals surface area contributed by atoms with Gasteiger partial charge < -0.3 is 15.4 Å². The van der Waals surface area contributed by atoms with E-state index in [-0.39, 0.29) is 35.9 Å². The second-order valence-electron chi connectivity index (χ2n) is 6.02. The highest BCUT2D eigenvalue weighted by atomic mass is 35.5. The molecule has 0 spiro atoms. The minimum absolute atomic E-state index is 0. The van der Waals surface area contributed by atoms with Gasteiger partial charge in [-0.05, 0) is 50.1 Å². The van der Waals surface area contributed by atoms with Crippen LogP contribution in [0.3, 0.4) is 0 Å². The molecule has 1 amide bonds. The smallest absolute Gasteiger partial charge is 0.251 e. The SMILES string of the molecule is CCCNCCNC(=O)c1ccc(S(=O)(=O)NCC2CCCO2)cc1.Cl. The van der Waals surface area contributed by atoms with Crippen LogP contribution in [0.15, 0.2) is 29.2 Å².